The Morgan fingerprint density at radius 1 is 1.19 bits per heavy atom. The highest BCUT2D eigenvalue weighted by molar-refractivity contribution is 6.35. The van der Waals surface area contributed by atoms with Gasteiger partial charge in [0.1, 0.15) is 5.82 Å². The number of carbonyl (C=O) groups is 1. The number of hydrogen-bond acceptors (Lipinski definition) is 3. The molecule has 1 amide bonds. The Morgan fingerprint density at radius 2 is 2.00 bits per heavy atom. The SMILES string of the molecule is O=C(Nc1ccc(Nc2cc(Cl)ccc2Cl)nc1)C1CC1. The van der Waals surface area contributed by atoms with Gasteiger partial charge in [0.2, 0.25) is 5.91 Å². The van der Waals surface area contributed by atoms with Crippen molar-refractivity contribution in [1.29, 1.82) is 0 Å². The second-order valence-corrected chi connectivity index (χ2v) is 5.79. The first kappa shape index (κ1) is 14.2. The lowest BCUT2D eigenvalue weighted by Crippen LogP contribution is -2.13. The fourth-order valence-electron chi connectivity index (χ4n) is 1.86. The lowest BCUT2D eigenvalue weighted by Gasteiger charge is -2.09. The molecule has 0 aliphatic heterocycles. The number of rotatable bonds is 4. The molecule has 0 unspecified atom stereocenters. The van der Waals surface area contributed by atoms with E-state index in [4.69, 9.17) is 23.2 Å². The Labute approximate surface area is 132 Å². The fraction of sp³-hybridized carbons (Fsp3) is 0.200. The number of nitrogens with zero attached hydrogens (tertiary/aromatic N) is 1. The summed E-state index contributed by atoms with van der Waals surface area (Å²) in [4.78, 5) is 15.9. The second kappa shape index (κ2) is 5.92. The number of amides is 1. The van der Waals surface area contributed by atoms with E-state index in [1.165, 1.54) is 0 Å². The Balaban J connectivity index is 1.68. The van der Waals surface area contributed by atoms with Crippen molar-refractivity contribution >= 4 is 46.3 Å². The van der Waals surface area contributed by atoms with Crippen LogP contribution >= 0.6 is 23.2 Å². The molecule has 1 heterocycles. The third kappa shape index (κ3) is 3.65. The van der Waals surface area contributed by atoms with Gasteiger partial charge in [0.25, 0.3) is 0 Å². The highest BCUT2D eigenvalue weighted by Crippen LogP contribution is 2.30. The maximum atomic E-state index is 11.6. The van der Waals surface area contributed by atoms with E-state index in [9.17, 15) is 4.79 Å². The predicted molar refractivity (Wildman–Crippen MR) is 85.3 cm³/mol. The summed E-state index contributed by atoms with van der Waals surface area (Å²) in [6.45, 7) is 0. The molecule has 1 aromatic carbocycles. The summed E-state index contributed by atoms with van der Waals surface area (Å²) in [5.74, 6) is 0.868. The van der Waals surface area contributed by atoms with Crippen LogP contribution in [0.25, 0.3) is 0 Å². The zero-order chi connectivity index (χ0) is 14.8. The first-order valence-electron chi connectivity index (χ1n) is 6.61. The molecule has 1 saturated carbocycles. The molecule has 0 bridgehead atoms. The van der Waals surface area contributed by atoms with Crippen molar-refractivity contribution in [3.8, 4) is 0 Å². The molecule has 0 spiro atoms. The monoisotopic (exact) mass is 321 g/mol. The topological polar surface area (TPSA) is 54.0 Å². The molecule has 1 aromatic heterocycles. The number of carbonyl (C=O) groups excluding carboxylic acids is 1. The van der Waals surface area contributed by atoms with Crippen molar-refractivity contribution in [3.63, 3.8) is 0 Å². The second-order valence-electron chi connectivity index (χ2n) is 4.94. The quantitative estimate of drug-likeness (QED) is 0.872. The van der Waals surface area contributed by atoms with Crippen LogP contribution in [0.15, 0.2) is 36.5 Å². The summed E-state index contributed by atoms with van der Waals surface area (Å²) < 4.78 is 0. The Kier molecular flexibility index (Phi) is 3.99. The molecule has 3 rings (SSSR count). The lowest BCUT2D eigenvalue weighted by atomic mass is 10.3. The Hall–Kier alpha value is -1.78. The summed E-state index contributed by atoms with van der Waals surface area (Å²) >= 11 is 12.0. The molecule has 2 N–H and O–H groups in total. The van der Waals surface area contributed by atoms with Crippen LogP contribution in [0.2, 0.25) is 10.0 Å². The van der Waals surface area contributed by atoms with E-state index in [2.05, 4.69) is 15.6 Å². The molecule has 21 heavy (non-hydrogen) atoms. The predicted octanol–water partition coefficient (Wildman–Crippen LogP) is 4.48. The van der Waals surface area contributed by atoms with Crippen LogP contribution in [0, 0.1) is 5.92 Å². The van der Waals surface area contributed by atoms with Crippen LogP contribution in [0.1, 0.15) is 12.8 Å². The molecule has 2 aromatic rings. The van der Waals surface area contributed by atoms with E-state index in [-0.39, 0.29) is 11.8 Å². The lowest BCUT2D eigenvalue weighted by molar-refractivity contribution is -0.117. The van der Waals surface area contributed by atoms with Crippen molar-refractivity contribution in [3.05, 3.63) is 46.6 Å². The van der Waals surface area contributed by atoms with Crippen LogP contribution in [-0.4, -0.2) is 10.9 Å². The molecule has 0 radical (unpaired) electrons. The van der Waals surface area contributed by atoms with Crippen molar-refractivity contribution in [1.82, 2.24) is 4.98 Å². The standard InChI is InChI=1S/C15H13Cl2N3O/c16-10-3-5-12(17)13(7-10)20-14-6-4-11(8-18-14)19-15(21)9-1-2-9/h3-9H,1-2H2,(H,18,20)(H,19,21). The molecule has 6 heteroatoms. The minimum Gasteiger partial charge on any atom is -0.339 e. The molecule has 0 atom stereocenters. The van der Waals surface area contributed by atoms with E-state index in [1.807, 2.05) is 0 Å². The summed E-state index contributed by atoms with van der Waals surface area (Å²) in [6, 6.07) is 8.75. The van der Waals surface area contributed by atoms with Crippen molar-refractivity contribution in [2.75, 3.05) is 10.6 Å². The number of halogens is 2. The van der Waals surface area contributed by atoms with Gasteiger partial charge in [-0.3, -0.25) is 4.79 Å². The number of aromatic nitrogens is 1. The summed E-state index contributed by atoms with van der Waals surface area (Å²) in [5, 5.41) is 7.08. The smallest absolute Gasteiger partial charge is 0.227 e. The molecule has 4 nitrogen and oxygen atoms in total. The number of benzene rings is 1. The van der Waals surface area contributed by atoms with Crippen LogP contribution in [0.5, 0.6) is 0 Å². The van der Waals surface area contributed by atoms with Gasteiger partial charge in [0.15, 0.2) is 0 Å². The van der Waals surface area contributed by atoms with E-state index in [0.717, 1.165) is 12.8 Å². The minimum atomic E-state index is 0.0652. The largest absolute Gasteiger partial charge is 0.339 e. The molecule has 1 aliphatic carbocycles. The van der Waals surface area contributed by atoms with Gasteiger partial charge in [-0.2, -0.15) is 0 Å². The van der Waals surface area contributed by atoms with Gasteiger partial charge in [-0.05, 0) is 43.2 Å². The van der Waals surface area contributed by atoms with E-state index < -0.39 is 0 Å². The van der Waals surface area contributed by atoms with Gasteiger partial charge in [0.05, 0.1) is 22.6 Å². The van der Waals surface area contributed by atoms with Crippen molar-refractivity contribution in [2.24, 2.45) is 5.92 Å². The number of nitrogens with one attached hydrogen (secondary N) is 2. The fourth-order valence-corrected chi connectivity index (χ4v) is 2.20. The Bertz CT molecular complexity index is 669. The molecule has 108 valence electrons. The average molecular weight is 322 g/mol. The zero-order valence-electron chi connectivity index (χ0n) is 11.1. The maximum absolute atomic E-state index is 11.6. The van der Waals surface area contributed by atoms with Gasteiger partial charge in [-0.15, -0.1) is 0 Å². The minimum absolute atomic E-state index is 0.0652. The van der Waals surface area contributed by atoms with Crippen LogP contribution in [0.4, 0.5) is 17.2 Å². The van der Waals surface area contributed by atoms with Crippen molar-refractivity contribution < 1.29 is 4.79 Å². The number of anilines is 3. The highest BCUT2D eigenvalue weighted by Gasteiger charge is 2.29. The van der Waals surface area contributed by atoms with Gasteiger partial charge in [0, 0.05) is 10.9 Å². The normalized spacial score (nSPS) is 13.8. The maximum Gasteiger partial charge on any atom is 0.227 e. The summed E-state index contributed by atoms with van der Waals surface area (Å²) in [5.41, 5.74) is 1.38. The molecule has 0 saturated heterocycles. The summed E-state index contributed by atoms with van der Waals surface area (Å²) in [7, 11) is 0. The molecule has 1 fully saturated rings. The molecule has 1 aliphatic rings. The Morgan fingerprint density at radius 3 is 2.67 bits per heavy atom. The number of hydrogen-bond donors (Lipinski definition) is 2. The zero-order valence-corrected chi connectivity index (χ0v) is 12.6. The van der Waals surface area contributed by atoms with Gasteiger partial charge in [-0.1, -0.05) is 23.2 Å². The van der Waals surface area contributed by atoms with E-state index in [0.29, 0.717) is 27.2 Å². The van der Waals surface area contributed by atoms with Gasteiger partial charge in [-0.25, -0.2) is 4.98 Å². The third-order valence-corrected chi connectivity index (χ3v) is 3.73. The van der Waals surface area contributed by atoms with E-state index >= 15 is 0 Å². The first-order chi connectivity index (χ1) is 10.1. The van der Waals surface area contributed by atoms with Crippen molar-refractivity contribution in [2.45, 2.75) is 12.8 Å². The third-order valence-electron chi connectivity index (χ3n) is 3.17. The van der Waals surface area contributed by atoms with Gasteiger partial charge >= 0.3 is 0 Å². The summed E-state index contributed by atoms with van der Waals surface area (Å²) in [6.07, 6.45) is 3.57. The highest BCUT2D eigenvalue weighted by atomic mass is 35.5. The average Bonchev–Trinajstić information content (AvgIpc) is 3.29. The van der Waals surface area contributed by atoms with Gasteiger partial charge < -0.3 is 10.6 Å². The van der Waals surface area contributed by atoms with Crippen LogP contribution < -0.4 is 10.6 Å². The van der Waals surface area contributed by atoms with Crippen LogP contribution in [0.3, 0.4) is 0 Å². The van der Waals surface area contributed by atoms with E-state index in [1.54, 1.807) is 36.5 Å². The molecular formula is C15H13Cl2N3O. The van der Waals surface area contributed by atoms with Crippen LogP contribution in [-0.2, 0) is 4.79 Å². The number of pyridine rings is 1. The molecular weight excluding hydrogens is 309 g/mol. The first-order valence-corrected chi connectivity index (χ1v) is 7.36.